The Labute approximate surface area is 237 Å². The predicted molar refractivity (Wildman–Crippen MR) is 151 cm³/mol. The van der Waals surface area contributed by atoms with Gasteiger partial charge in [0.15, 0.2) is 0 Å². The molecule has 3 aromatic rings. The highest BCUT2D eigenvalue weighted by Gasteiger charge is 2.35. The molecule has 1 aromatic carbocycles. The van der Waals surface area contributed by atoms with Crippen molar-refractivity contribution in [1.29, 1.82) is 0 Å². The summed E-state index contributed by atoms with van der Waals surface area (Å²) < 4.78 is 19.3. The van der Waals surface area contributed by atoms with Crippen LogP contribution in [0.1, 0.15) is 37.7 Å². The first-order chi connectivity index (χ1) is 19.9. The van der Waals surface area contributed by atoms with Gasteiger partial charge in [0.05, 0.1) is 38.6 Å². The number of carbonyl (C=O) groups is 1. The first-order valence-corrected chi connectivity index (χ1v) is 13.8. The highest BCUT2D eigenvalue weighted by Crippen LogP contribution is 2.26. The van der Waals surface area contributed by atoms with Crippen molar-refractivity contribution in [3.63, 3.8) is 0 Å². The van der Waals surface area contributed by atoms with Crippen LogP contribution in [-0.4, -0.2) is 88.4 Å². The number of fused-ring (bicyclic) bond motifs is 1. The Morgan fingerprint density at radius 3 is 2.54 bits per heavy atom. The molecule has 13 nitrogen and oxygen atoms in total. The smallest absolute Gasteiger partial charge is 0.277 e. The number of piperidine rings is 1. The second-order valence-electron chi connectivity index (χ2n) is 10.2. The van der Waals surface area contributed by atoms with Crippen LogP contribution < -0.4 is 10.3 Å². The number of ether oxygens (including phenoxy) is 3. The van der Waals surface area contributed by atoms with Crippen molar-refractivity contribution in [2.45, 2.75) is 44.2 Å². The highest BCUT2D eigenvalue weighted by atomic mass is 16.5. The van der Waals surface area contributed by atoms with Crippen LogP contribution >= 0.6 is 0 Å². The second-order valence-corrected chi connectivity index (χ2v) is 10.2. The number of aliphatic hydroxyl groups is 1. The van der Waals surface area contributed by atoms with Crippen molar-refractivity contribution in [1.82, 2.24) is 19.1 Å². The van der Waals surface area contributed by atoms with Crippen LogP contribution in [-0.2, 0) is 20.8 Å². The van der Waals surface area contributed by atoms with Crippen molar-refractivity contribution in [2.75, 3.05) is 52.7 Å². The van der Waals surface area contributed by atoms with E-state index in [9.17, 15) is 14.7 Å². The Morgan fingerprint density at radius 1 is 1.10 bits per heavy atom. The van der Waals surface area contributed by atoms with Crippen LogP contribution in [0.2, 0.25) is 0 Å². The first-order valence-electron chi connectivity index (χ1n) is 13.8. The third-order valence-corrected chi connectivity index (χ3v) is 7.22. The van der Waals surface area contributed by atoms with E-state index in [-0.39, 0.29) is 37.1 Å². The van der Waals surface area contributed by atoms with Crippen LogP contribution in [0.4, 0.5) is 0 Å². The summed E-state index contributed by atoms with van der Waals surface area (Å²) in [6.07, 6.45) is 2.58. The average Bonchev–Trinajstić information content (AvgIpc) is 3.40. The molecule has 0 saturated carbocycles. The van der Waals surface area contributed by atoms with Crippen LogP contribution in [0.3, 0.4) is 0 Å². The molecule has 1 N–H and O–H groups in total. The zero-order valence-electron chi connectivity index (χ0n) is 23.3. The standard InChI is InChI=1S/C28H37N7O6/c1-22(23-5-3-2-4-6-23)19-25(36)33-12-9-28(38,10-13-33)20-34-21-31-35-24(27(34)37)7-8-26(35)41-18-17-40-16-15-39-14-11-30-32-29/h2-8,21-22,38H,9-20H2,1H3/t22-/m1/s1. The molecular formula is C28H37N7O6. The molecule has 1 aliphatic rings. The van der Waals surface area contributed by atoms with Crippen LogP contribution in [0, 0.1) is 0 Å². The predicted octanol–water partition coefficient (Wildman–Crippen LogP) is 2.77. The largest absolute Gasteiger partial charge is 0.475 e. The van der Waals surface area contributed by atoms with E-state index >= 15 is 0 Å². The van der Waals surface area contributed by atoms with Gasteiger partial charge >= 0.3 is 0 Å². The number of azide groups is 1. The van der Waals surface area contributed by atoms with Crippen LogP contribution in [0.15, 0.2) is 58.7 Å². The Morgan fingerprint density at radius 2 is 1.80 bits per heavy atom. The Hall–Kier alpha value is -3.90. The minimum Gasteiger partial charge on any atom is -0.475 e. The SMILES string of the molecule is C[C@H](CC(=O)N1CCC(O)(Cn2cnn3c(OCCOCCOCCN=[N+]=[N-])ccc3c2=O)CC1)c1ccccc1. The van der Waals surface area contributed by atoms with Gasteiger partial charge in [-0.05, 0) is 35.9 Å². The molecular weight excluding hydrogens is 530 g/mol. The maximum absolute atomic E-state index is 13.1. The van der Waals surface area contributed by atoms with Gasteiger partial charge in [0.1, 0.15) is 18.5 Å². The van der Waals surface area contributed by atoms with Crippen molar-refractivity contribution < 1.29 is 24.1 Å². The van der Waals surface area contributed by atoms with Gasteiger partial charge in [-0.15, -0.1) is 0 Å². The molecule has 0 unspecified atom stereocenters. The quantitative estimate of drug-likeness (QED) is 0.128. The number of aromatic nitrogens is 3. The van der Waals surface area contributed by atoms with E-state index in [1.807, 2.05) is 37.3 Å². The number of nitrogens with zero attached hydrogens (tertiary/aromatic N) is 7. The number of rotatable bonds is 15. The molecule has 2 aromatic heterocycles. The zero-order chi connectivity index (χ0) is 29.1. The molecule has 0 bridgehead atoms. The summed E-state index contributed by atoms with van der Waals surface area (Å²) in [4.78, 5) is 30.5. The fourth-order valence-corrected chi connectivity index (χ4v) is 4.84. The topological polar surface area (TPSA) is 156 Å². The van der Waals surface area contributed by atoms with Crippen LogP contribution in [0.25, 0.3) is 16.0 Å². The second kappa shape index (κ2) is 14.6. The maximum Gasteiger partial charge on any atom is 0.277 e. The van der Waals surface area contributed by atoms with E-state index in [0.29, 0.717) is 70.2 Å². The summed E-state index contributed by atoms with van der Waals surface area (Å²) in [6, 6.07) is 13.3. The Kier molecular flexibility index (Phi) is 10.7. The van der Waals surface area contributed by atoms with Crippen molar-refractivity contribution >= 4 is 11.4 Å². The lowest BCUT2D eigenvalue weighted by molar-refractivity contribution is -0.136. The monoisotopic (exact) mass is 567 g/mol. The van der Waals surface area contributed by atoms with Gasteiger partial charge in [0, 0.05) is 37.0 Å². The van der Waals surface area contributed by atoms with Gasteiger partial charge in [0.25, 0.3) is 5.56 Å². The van der Waals surface area contributed by atoms with Crippen molar-refractivity contribution in [3.8, 4) is 5.88 Å². The van der Waals surface area contributed by atoms with E-state index in [4.69, 9.17) is 19.7 Å². The third kappa shape index (κ3) is 8.30. The van der Waals surface area contributed by atoms with Gasteiger partial charge < -0.3 is 24.2 Å². The molecule has 1 aliphatic heterocycles. The summed E-state index contributed by atoms with van der Waals surface area (Å²) >= 11 is 0. The van der Waals surface area contributed by atoms with Gasteiger partial charge in [-0.2, -0.15) is 9.61 Å². The molecule has 4 rings (SSSR count). The lowest BCUT2D eigenvalue weighted by Crippen LogP contribution is -2.49. The molecule has 0 spiro atoms. The van der Waals surface area contributed by atoms with Gasteiger partial charge in [-0.3, -0.25) is 14.2 Å². The van der Waals surface area contributed by atoms with Gasteiger partial charge in [0.2, 0.25) is 11.8 Å². The summed E-state index contributed by atoms with van der Waals surface area (Å²) in [5, 5.41) is 19.0. The first kappa shape index (κ1) is 30.1. The van der Waals surface area contributed by atoms with Gasteiger partial charge in [-0.25, -0.2) is 0 Å². The lowest BCUT2D eigenvalue weighted by atomic mass is 9.90. The summed E-state index contributed by atoms with van der Waals surface area (Å²) in [5.74, 6) is 0.602. The summed E-state index contributed by atoms with van der Waals surface area (Å²) in [5.41, 5.74) is 8.28. The number of benzene rings is 1. The molecule has 41 heavy (non-hydrogen) atoms. The molecule has 13 heteroatoms. The number of likely N-dealkylation sites (tertiary alicyclic amines) is 1. The van der Waals surface area contributed by atoms with E-state index in [0.717, 1.165) is 5.56 Å². The molecule has 0 aliphatic carbocycles. The highest BCUT2D eigenvalue weighted by molar-refractivity contribution is 5.77. The number of hydrogen-bond donors (Lipinski definition) is 1. The van der Waals surface area contributed by atoms with E-state index in [1.165, 1.54) is 15.4 Å². The fourth-order valence-electron chi connectivity index (χ4n) is 4.84. The normalized spacial score (nSPS) is 15.4. The Balaban J connectivity index is 1.23. The molecule has 0 radical (unpaired) electrons. The number of carbonyl (C=O) groups excluding carboxylic acids is 1. The molecule has 220 valence electrons. The molecule has 1 atom stereocenters. The van der Waals surface area contributed by atoms with Gasteiger partial charge in [-0.1, -0.05) is 42.4 Å². The maximum atomic E-state index is 13.1. The molecule has 1 amide bonds. The van der Waals surface area contributed by atoms with Crippen molar-refractivity contribution in [3.05, 3.63) is 75.2 Å². The van der Waals surface area contributed by atoms with Crippen LogP contribution in [0.5, 0.6) is 5.88 Å². The zero-order valence-corrected chi connectivity index (χ0v) is 23.3. The van der Waals surface area contributed by atoms with E-state index in [2.05, 4.69) is 15.1 Å². The fraction of sp³-hybridized carbons (Fsp3) is 0.536. The summed E-state index contributed by atoms with van der Waals surface area (Å²) in [6.45, 7) is 4.97. The molecule has 1 saturated heterocycles. The molecule has 1 fully saturated rings. The summed E-state index contributed by atoms with van der Waals surface area (Å²) in [7, 11) is 0. The molecule has 3 heterocycles. The average molecular weight is 568 g/mol. The minimum atomic E-state index is -1.11. The van der Waals surface area contributed by atoms with Crippen molar-refractivity contribution in [2.24, 2.45) is 5.11 Å². The number of hydrogen-bond acceptors (Lipinski definition) is 8. The van der Waals surface area contributed by atoms with E-state index < -0.39 is 5.60 Å². The Bertz CT molecular complexity index is 1380. The van der Waals surface area contributed by atoms with E-state index in [1.54, 1.807) is 17.0 Å². The third-order valence-electron chi connectivity index (χ3n) is 7.22. The minimum absolute atomic E-state index is 0.0744. The number of amides is 1. The lowest BCUT2D eigenvalue weighted by Gasteiger charge is -2.38.